The Kier molecular flexibility index (Phi) is 6.78. The summed E-state index contributed by atoms with van der Waals surface area (Å²) >= 11 is 5.86. The van der Waals surface area contributed by atoms with Crippen LogP contribution in [0.2, 0.25) is 5.02 Å². The predicted molar refractivity (Wildman–Crippen MR) is 119 cm³/mol. The molecular formula is C23H11ClF5N5O3. The third kappa shape index (κ3) is 5.49. The number of H-pyrrole nitrogens is 1. The summed E-state index contributed by atoms with van der Waals surface area (Å²) < 4.78 is 74.1. The van der Waals surface area contributed by atoms with Crippen molar-refractivity contribution in [2.75, 3.05) is 0 Å². The molecule has 0 fully saturated rings. The number of nitriles is 1. The Morgan fingerprint density at radius 2 is 1.84 bits per heavy atom. The van der Waals surface area contributed by atoms with Crippen LogP contribution in [0.4, 0.5) is 22.0 Å². The summed E-state index contributed by atoms with van der Waals surface area (Å²) in [6.45, 7) is -0.508. The fourth-order valence-corrected chi connectivity index (χ4v) is 3.52. The van der Waals surface area contributed by atoms with E-state index in [0.717, 1.165) is 30.3 Å². The lowest BCUT2D eigenvalue weighted by atomic mass is 10.1. The maximum atomic E-state index is 14.2. The maximum Gasteiger partial charge on any atom is 0.437 e. The van der Waals surface area contributed by atoms with Crippen LogP contribution in [0, 0.1) is 23.0 Å². The zero-order chi connectivity index (χ0) is 26.9. The first-order valence-corrected chi connectivity index (χ1v) is 10.4. The highest BCUT2D eigenvalue weighted by molar-refractivity contribution is 6.30. The lowest BCUT2D eigenvalue weighted by Gasteiger charge is -2.15. The monoisotopic (exact) mass is 535 g/mol. The van der Waals surface area contributed by atoms with Crippen molar-refractivity contribution in [1.82, 2.24) is 19.7 Å². The standard InChI is InChI=1S/C23H11ClF5N5O3/c24-12-3-11(8-30)4-15(5-12)37-19-20(23(27,28)29)31-10-34(22(19)36)9-14-7-17(21(35)33-32-14)16-2-1-13(25)6-18(16)26/h1-7,10H,9H2,(H,33,35). The van der Waals surface area contributed by atoms with Gasteiger partial charge < -0.3 is 4.74 Å². The summed E-state index contributed by atoms with van der Waals surface area (Å²) in [6.07, 6.45) is -4.48. The highest BCUT2D eigenvalue weighted by atomic mass is 35.5. The number of hydrogen-bond donors (Lipinski definition) is 1. The summed E-state index contributed by atoms with van der Waals surface area (Å²) in [7, 11) is 0. The number of ether oxygens (including phenoxy) is 1. The van der Waals surface area contributed by atoms with Gasteiger partial charge in [0.1, 0.15) is 17.4 Å². The molecule has 2 heterocycles. The number of nitrogens with zero attached hydrogens (tertiary/aromatic N) is 4. The predicted octanol–water partition coefficient (Wildman–Crippen LogP) is 4.66. The van der Waals surface area contributed by atoms with Gasteiger partial charge >= 0.3 is 6.18 Å². The molecule has 2 aromatic heterocycles. The minimum absolute atomic E-state index is 0.0233. The van der Waals surface area contributed by atoms with Crippen LogP contribution in [-0.4, -0.2) is 19.7 Å². The van der Waals surface area contributed by atoms with Crippen LogP contribution < -0.4 is 15.9 Å². The highest BCUT2D eigenvalue weighted by Crippen LogP contribution is 2.35. The van der Waals surface area contributed by atoms with Gasteiger partial charge in [-0.3, -0.25) is 14.2 Å². The van der Waals surface area contributed by atoms with Crippen molar-refractivity contribution in [1.29, 1.82) is 5.26 Å². The van der Waals surface area contributed by atoms with E-state index < -0.39 is 46.9 Å². The zero-order valence-corrected chi connectivity index (χ0v) is 18.9. The molecule has 0 saturated carbocycles. The van der Waals surface area contributed by atoms with Crippen LogP contribution in [0.1, 0.15) is 17.0 Å². The Morgan fingerprint density at radius 1 is 1.08 bits per heavy atom. The van der Waals surface area contributed by atoms with Crippen molar-refractivity contribution < 1.29 is 26.7 Å². The minimum atomic E-state index is -5.08. The number of rotatable bonds is 5. The van der Waals surface area contributed by atoms with Gasteiger partial charge in [-0.05, 0) is 36.4 Å². The van der Waals surface area contributed by atoms with E-state index in [0.29, 0.717) is 17.0 Å². The number of alkyl halides is 3. The number of nitrogens with one attached hydrogen (secondary N) is 1. The third-order valence-corrected chi connectivity index (χ3v) is 5.11. The fraction of sp³-hybridized carbons (Fsp3) is 0.0870. The molecule has 0 spiro atoms. The van der Waals surface area contributed by atoms with Gasteiger partial charge in [0, 0.05) is 16.7 Å². The average Bonchev–Trinajstić information content (AvgIpc) is 2.82. The molecule has 0 atom stereocenters. The number of aromatic amines is 1. The van der Waals surface area contributed by atoms with E-state index in [1.807, 2.05) is 0 Å². The molecule has 1 N–H and O–H groups in total. The van der Waals surface area contributed by atoms with Gasteiger partial charge in [-0.1, -0.05) is 11.6 Å². The highest BCUT2D eigenvalue weighted by Gasteiger charge is 2.38. The number of aromatic nitrogens is 4. The van der Waals surface area contributed by atoms with Crippen molar-refractivity contribution in [2.45, 2.75) is 12.7 Å². The second-order valence-electron chi connectivity index (χ2n) is 7.47. The summed E-state index contributed by atoms with van der Waals surface area (Å²) in [6, 6.07) is 8.79. The smallest absolute Gasteiger partial charge is 0.437 e. The first kappa shape index (κ1) is 25.5. The normalized spacial score (nSPS) is 11.3. The number of hydrogen-bond acceptors (Lipinski definition) is 6. The van der Waals surface area contributed by atoms with E-state index in [1.165, 1.54) is 6.07 Å². The number of halogens is 6. The molecule has 0 aliphatic heterocycles. The largest absolute Gasteiger partial charge is 0.449 e. The first-order valence-electron chi connectivity index (χ1n) is 10.1. The SMILES string of the molecule is N#Cc1cc(Cl)cc(Oc2c(C(F)(F)F)ncn(Cc3cc(-c4ccc(F)cc4F)c(=O)[nH]n3)c2=O)c1. The van der Waals surface area contributed by atoms with E-state index in [9.17, 15) is 31.5 Å². The summed E-state index contributed by atoms with van der Waals surface area (Å²) in [5, 5.41) is 14.9. The Bertz CT molecular complexity index is 1680. The van der Waals surface area contributed by atoms with Gasteiger partial charge in [0.15, 0.2) is 5.69 Å². The van der Waals surface area contributed by atoms with Gasteiger partial charge in [-0.25, -0.2) is 18.9 Å². The molecule has 0 bridgehead atoms. The van der Waals surface area contributed by atoms with Gasteiger partial charge in [-0.2, -0.15) is 23.5 Å². The molecule has 37 heavy (non-hydrogen) atoms. The third-order valence-electron chi connectivity index (χ3n) is 4.90. The molecule has 14 heteroatoms. The fourth-order valence-electron chi connectivity index (χ4n) is 3.29. The lowest BCUT2D eigenvalue weighted by Crippen LogP contribution is -2.27. The Balaban J connectivity index is 1.78. The lowest BCUT2D eigenvalue weighted by molar-refractivity contribution is -0.142. The van der Waals surface area contributed by atoms with Crippen LogP contribution >= 0.6 is 11.6 Å². The van der Waals surface area contributed by atoms with Crippen LogP contribution in [0.5, 0.6) is 11.5 Å². The molecule has 0 aliphatic carbocycles. The second kappa shape index (κ2) is 9.82. The molecule has 2 aromatic carbocycles. The minimum Gasteiger partial charge on any atom is -0.449 e. The van der Waals surface area contributed by atoms with Crippen LogP contribution in [0.25, 0.3) is 11.1 Å². The van der Waals surface area contributed by atoms with E-state index in [-0.39, 0.29) is 33.2 Å². The Labute approximate surface area is 208 Å². The average molecular weight is 536 g/mol. The molecule has 0 unspecified atom stereocenters. The zero-order valence-electron chi connectivity index (χ0n) is 18.1. The van der Waals surface area contributed by atoms with Crippen molar-refractivity contribution in [2.24, 2.45) is 0 Å². The molecule has 4 aromatic rings. The van der Waals surface area contributed by atoms with Crippen LogP contribution in [0.3, 0.4) is 0 Å². The molecule has 4 rings (SSSR count). The van der Waals surface area contributed by atoms with Crippen LogP contribution in [0.15, 0.2) is 58.4 Å². The van der Waals surface area contributed by atoms with Crippen molar-refractivity contribution in [3.8, 4) is 28.7 Å². The molecular weight excluding hydrogens is 525 g/mol. The summed E-state index contributed by atoms with van der Waals surface area (Å²) in [5.41, 5.74) is -4.34. The molecule has 0 aliphatic rings. The van der Waals surface area contributed by atoms with Gasteiger partial charge in [-0.15, -0.1) is 0 Å². The van der Waals surface area contributed by atoms with Gasteiger partial charge in [0.2, 0.25) is 5.75 Å². The molecule has 0 saturated heterocycles. The van der Waals surface area contributed by atoms with E-state index in [1.54, 1.807) is 6.07 Å². The summed E-state index contributed by atoms with van der Waals surface area (Å²) in [5.74, 6) is -3.42. The molecule has 0 radical (unpaired) electrons. The summed E-state index contributed by atoms with van der Waals surface area (Å²) in [4.78, 5) is 28.5. The number of benzene rings is 2. The Hall–Kier alpha value is -4.57. The quantitative estimate of drug-likeness (QED) is 0.372. The van der Waals surface area contributed by atoms with E-state index >= 15 is 0 Å². The molecule has 188 valence electrons. The topological polar surface area (TPSA) is 114 Å². The van der Waals surface area contributed by atoms with Crippen molar-refractivity contribution >= 4 is 11.6 Å². The second-order valence-corrected chi connectivity index (χ2v) is 7.91. The first-order chi connectivity index (χ1) is 17.5. The molecule has 8 nitrogen and oxygen atoms in total. The molecule has 0 amide bonds. The van der Waals surface area contributed by atoms with Crippen molar-refractivity contribution in [3.05, 3.63) is 103 Å². The van der Waals surface area contributed by atoms with E-state index in [2.05, 4.69) is 15.2 Å². The Morgan fingerprint density at radius 3 is 2.51 bits per heavy atom. The van der Waals surface area contributed by atoms with E-state index in [4.69, 9.17) is 21.6 Å². The van der Waals surface area contributed by atoms with Crippen molar-refractivity contribution in [3.63, 3.8) is 0 Å². The van der Waals surface area contributed by atoms with Gasteiger partial charge in [0.25, 0.3) is 11.1 Å². The maximum absolute atomic E-state index is 14.2. The van der Waals surface area contributed by atoms with Crippen LogP contribution in [-0.2, 0) is 12.7 Å². The van der Waals surface area contributed by atoms with Gasteiger partial charge in [0.05, 0.1) is 35.8 Å².